The highest BCUT2D eigenvalue weighted by molar-refractivity contribution is 7.90. The van der Waals surface area contributed by atoms with E-state index in [0.717, 1.165) is 28.3 Å². The van der Waals surface area contributed by atoms with Gasteiger partial charge in [0.15, 0.2) is 5.82 Å². The summed E-state index contributed by atoms with van der Waals surface area (Å²) in [6.45, 7) is 0. The molecule has 4 N–H and O–H groups in total. The zero-order valence-corrected chi connectivity index (χ0v) is 21.1. The van der Waals surface area contributed by atoms with Crippen LogP contribution in [0.5, 0.6) is 0 Å². The zero-order chi connectivity index (χ0) is 26.4. The van der Waals surface area contributed by atoms with Crippen LogP contribution in [0, 0.1) is 5.82 Å². The Labute approximate surface area is 216 Å². The monoisotopic (exact) mass is 527 g/mol. The summed E-state index contributed by atoms with van der Waals surface area (Å²) in [5, 5.41) is 8.39. The fourth-order valence-electron chi connectivity index (χ4n) is 4.48. The Hall–Kier alpha value is -4.64. The van der Waals surface area contributed by atoms with Crippen molar-refractivity contribution in [2.24, 2.45) is 0 Å². The predicted octanol–water partition coefficient (Wildman–Crippen LogP) is 4.54. The number of hydrogen-bond acceptors (Lipinski definition) is 7. The number of pyridine rings is 2. The molecule has 0 aliphatic heterocycles. The summed E-state index contributed by atoms with van der Waals surface area (Å²) in [7, 11) is -3.19. The fraction of sp³-hybridized carbons (Fsp3) is 0.111. The van der Waals surface area contributed by atoms with Gasteiger partial charge in [0, 0.05) is 41.4 Å². The number of halogens is 1. The number of aromatic amines is 2. The number of nitrogens with one attached hydrogen (secondary N) is 2. The van der Waals surface area contributed by atoms with E-state index in [-0.39, 0.29) is 12.2 Å². The summed E-state index contributed by atoms with van der Waals surface area (Å²) < 4.78 is 37.7. The molecule has 0 aliphatic rings. The Morgan fingerprint density at radius 1 is 0.947 bits per heavy atom. The molecule has 0 spiro atoms. The summed E-state index contributed by atoms with van der Waals surface area (Å²) in [4.78, 5) is 16.7. The van der Waals surface area contributed by atoms with E-state index in [1.54, 1.807) is 30.7 Å². The summed E-state index contributed by atoms with van der Waals surface area (Å²) in [5.74, 6) is -0.0144. The molecule has 4 heterocycles. The van der Waals surface area contributed by atoms with E-state index in [4.69, 9.17) is 10.7 Å². The number of hydrogen-bond donors (Lipinski definition) is 3. The Bertz CT molecular complexity index is 1950. The molecule has 11 heteroatoms. The van der Waals surface area contributed by atoms with E-state index < -0.39 is 15.7 Å². The maximum atomic E-state index is 14.5. The number of benzene rings is 2. The maximum Gasteiger partial charge on any atom is 0.159 e. The van der Waals surface area contributed by atoms with Gasteiger partial charge in [-0.25, -0.2) is 17.8 Å². The van der Waals surface area contributed by atoms with Crippen LogP contribution >= 0.6 is 0 Å². The van der Waals surface area contributed by atoms with Gasteiger partial charge in [0.2, 0.25) is 0 Å². The van der Waals surface area contributed by atoms with Crippen molar-refractivity contribution in [2.75, 3.05) is 17.7 Å². The molecule has 0 bridgehead atoms. The highest BCUT2D eigenvalue weighted by Gasteiger charge is 2.17. The molecule has 0 saturated carbocycles. The topological polar surface area (TPSA) is 143 Å². The van der Waals surface area contributed by atoms with E-state index in [0.29, 0.717) is 45.1 Å². The van der Waals surface area contributed by atoms with E-state index in [1.165, 1.54) is 12.1 Å². The molecule has 6 rings (SSSR count). The van der Waals surface area contributed by atoms with Crippen molar-refractivity contribution >= 4 is 37.5 Å². The highest BCUT2D eigenvalue weighted by Crippen LogP contribution is 2.33. The van der Waals surface area contributed by atoms with Gasteiger partial charge in [-0.2, -0.15) is 5.10 Å². The molecule has 4 aromatic heterocycles. The van der Waals surface area contributed by atoms with Gasteiger partial charge in [-0.05, 0) is 60.0 Å². The van der Waals surface area contributed by atoms with Crippen LogP contribution in [0.1, 0.15) is 5.56 Å². The number of H-pyrrole nitrogens is 2. The van der Waals surface area contributed by atoms with Gasteiger partial charge in [0.05, 0.1) is 28.2 Å². The van der Waals surface area contributed by atoms with Crippen molar-refractivity contribution in [1.29, 1.82) is 0 Å². The third kappa shape index (κ3) is 4.59. The van der Waals surface area contributed by atoms with Crippen LogP contribution in [-0.2, 0) is 16.3 Å². The summed E-state index contributed by atoms with van der Waals surface area (Å²) in [5.41, 5.74) is 12.6. The normalized spacial score (nSPS) is 11.9. The lowest BCUT2D eigenvalue weighted by Gasteiger charge is -2.06. The van der Waals surface area contributed by atoms with Crippen molar-refractivity contribution in [3.05, 3.63) is 78.5 Å². The lowest BCUT2D eigenvalue weighted by molar-refractivity contribution is 0.600. The van der Waals surface area contributed by atoms with E-state index >= 15 is 0 Å². The number of aryl methyl sites for hydroxylation is 1. The van der Waals surface area contributed by atoms with Gasteiger partial charge in [-0.15, -0.1) is 0 Å². The van der Waals surface area contributed by atoms with Crippen LogP contribution in [0.4, 0.5) is 10.1 Å². The predicted molar refractivity (Wildman–Crippen MR) is 145 cm³/mol. The highest BCUT2D eigenvalue weighted by atomic mass is 32.2. The molecule has 0 saturated heterocycles. The van der Waals surface area contributed by atoms with Gasteiger partial charge < -0.3 is 10.7 Å². The van der Waals surface area contributed by atoms with Crippen LogP contribution in [-0.4, -0.2) is 50.6 Å². The second-order valence-electron chi connectivity index (χ2n) is 9.21. The number of anilines is 1. The quantitative estimate of drug-likeness (QED) is 0.288. The van der Waals surface area contributed by atoms with Gasteiger partial charge in [-0.3, -0.25) is 15.1 Å². The Morgan fingerprint density at radius 3 is 2.63 bits per heavy atom. The van der Waals surface area contributed by atoms with Crippen LogP contribution in [0.2, 0.25) is 0 Å². The smallest absolute Gasteiger partial charge is 0.159 e. The first-order chi connectivity index (χ1) is 18.2. The fourth-order valence-corrected chi connectivity index (χ4v) is 5.09. The molecule has 9 nitrogen and oxygen atoms in total. The molecular weight excluding hydrogens is 505 g/mol. The molecule has 0 radical (unpaired) electrons. The van der Waals surface area contributed by atoms with Crippen molar-refractivity contribution in [3.63, 3.8) is 0 Å². The largest absolute Gasteiger partial charge is 0.397 e. The minimum absolute atomic E-state index is 0.0695. The first kappa shape index (κ1) is 23.7. The number of imidazole rings is 1. The minimum Gasteiger partial charge on any atom is -0.397 e. The number of sulfone groups is 1. The molecule has 0 aliphatic carbocycles. The van der Waals surface area contributed by atoms with Crippen LogP contribution < -0.4 is 5.73 Å². The van der Waals surface area contributed by atoms with Crippen molar-refractivity contribution in [1.82, 2.24) is 30.1 Å². The third-order valence-electron chi connectivity index (χ3n) is 6.27. The molecule has 6 aromatic rings. The lowest BCUT2D eigenvalue weighted by atomic mass is 10.0. The van der Waals surface area contributed by atoms with E-state index in [2.05, 4.69) is 25.1 Å². The number of nitrogens with two attached hydrogens (primary N) is 1. The molecule has 190 valence electrons. The summed E-state index contributed by atoms with van der Waals surface area (Å²) >= 11 is 0. The number of aromatic nitrogens is 6. The van der Waals surface area contributed by atoms with E-state index in [9.17, 15) is 12.8 Å². The van der Waals surface area contributed by atoms with Crippen LogP contribution in [0.3, 0.4) is 0 Å². The number of nitrogen functional groups attached to an aromatic ring is 1. The Kier molecular flexibility index (Phi) is 5.64. The second kappa shape index (κ2) is 9.03. The first-order valence-corrected chi connectivity index (χ1v) is 13.8. The SMILES string of the molecule is CS(=O)(=O)CCc1cc(F)cc(-c2nccc3[nH]c(-c4n[nH]c5ccc(-c6cncc(N)c6)cc45)nc23)c1. The molecular formula is C27H22FN7O2S. The summed E-state index contributed by atoms with van der Waals surface area (Å²) in [6, 6.07) is 14.0. The number of nitrogens with zero attached hydrogens (tertiary/aromatic N) is 4. The number of rotatable bonds is 6. The van der Waals surface area contributed by atoms with Gasteiger partial charge in [0.1, 0.15) is 26.9 Å². The molecule has 0 fully saturated rings. The third-order valence-corrected chi connectivity index (χ3v) is 7.22. The standard InChI is InChI=1S/C27H22FN7O2S/c1-38(36,37)7-5-15-8-17(10-19(28)9-15)24-26-23(4-6-31-24)32-27(33-26)25-21-12-16(2-3-22(21)34-35-25)18-11-20(29)14-30-13-18/h2-4,6,8-14H,5,7,29H2,1H3,(H,32,33)(H,34,35). The zero-order valence-electron chi connectivity index (χ0n) is 20.2. The minimum atomic E-state index is -3.19. The van der Waals surface area contributed by atoms with Gasteiger partial charge in [-0.1, -0.05) is 6.07 Å². The summed E-state index contributed by atoms with van der Waals surface area (Å²) in [6.07, 6.45) is 6.33. The molecule has 38 heavy (non-hydrogen) atoms. The maximum absolute atomic E-state index is 14.5. The van der Waals surface area contributed by atoms with Gasteiger partial charge in [0.25, 0.3) is 0 Å². The lowest BCUT2D eigenvalue weighted by Crippen LogP contribution is -2.06. The average molecular weight is 528 g/mol. The van der Waals surface area contributed by atoms with Crippen LogP contribution in [0.15, 0.2) is 67.1 Å². The second-order valence-corrected chi connectivity index (χ2v) is 11.5. The average Bonchev–Trinajstić information content (AvgIpc) is 3.50. The molecule has 0 amide bonds. The van der Waals surface area contributed by atoms with Crippen molar-refractivity contribution in [3.8, 4) is 33.9 Å². The Morgan fingerprint density at radius 2 is 1.82 bits per heavy atom. The molecule has 0 unspecified atom stereocenters. The van der Waals surface area contributed by atoms with Crippen molar-refractivity contribution < 1.29 is 12.8 Å². The van der Waals surface area contributed by atoms with Gasteiger partial charge >= 0.3 is 0 Å². The number of fused-ring (bicyclic) bond motifs is 2. The molecule has 2 aromatic carbocycles. The van der Waals surface area contributed by atoms with Crippen LogP contribution in [0.25, 0.3) is 55.8 Å². The first-order valence-electron chi connectivity index (χ1n) is 11.8. The Balaban J connectivity index is 1.43. The molecule has 0 atom stereocenters. The van der Waals surface area contributed by atoms with Crippen molar-refractivity contribution in [2.45, 2.75) is 6.42 Å². The van der Waals surface area contributed by atoms with E-state index in [1.807, 2.05) is 24.3 Å².